The molecule has 2 aromatic rings. The molecular formula is C47H52F18N4O9. The van der Waals surface area contributed by atoms with Crippen LogP contribution in [0.1, 0.15) is 99.3 Å². The van der Waals surface area contributed by atoms with Crippen molar-refractivity contribution in [2.75, 3.05) is 39.3 Å². The van der Waals surface area contributed by atoms with Crippen LogP contribution in [0.2, 0.25) is 0 Å². The fraction of sp³-hybridized carbons (Fsp3) is 0.681. The molecule has 0 radical (unpaired) electrons. The highest BCUT2D eigenvalue weighted by Gasteiger charge is 2.61. The first-order valence-corrected chi connectivity index (χ1v) is 24.1. The van der Waals surface area contributed by atoms with Gasteiger partial charge in [0.05, 0.1) is 11.1 Å². The topological polar surface area (TPSA) is 161 Å². The van der Waals surface area contributed by atoms with E-state index >= 15 is 0 Å². The Morgan fingerprint density at radius 3 is 1.21 bits per heavy atom. The monoisotopic (exact) mass is 1160 g/mol. The molecule has 2 spiro atoms. The second-order valence-electron chi connectivity index (χ2n) is 20.0. The number of benzene rings is 2. The van der Waals surface area contributed by atoms with Crippen molar-refractivity contribution < 1.29 is 123 Å². The third kappa shape index (κ3) is 14.8. The first-order valence-electron chi connectivity index (χ1n) is 24.1. The molecular weight excluding hydrogens is 1110 g/mol. The second-order valence-corrected chi connectivity index (χ2v) is 20.0. The van der Waals surface area contributed by atoms with Gasteiger partial charge in [0.1, 0.15) is 11.5 Å². The van der Waals surface area contributed by atoms with E-state index in [4.69, 9.17) is 14.6 Å². The van der Waals surface area contributed by atoms with Gasteiger partial charge in [-0.05, 0) is 102 Å². The molecule has 4 heterocycles. The number of hydrogen-bond donors (Lipinski definition) is 4. The van der Waals surface area contributed by atoms with Gasteiger partial charge in [-0.15, -0.1) is 0 Å². The van der Waals surface area contributed by atoms with E-state index in [1.165, 1.54) is 12.1 Å². The van der Waals surface area contributed by atoms with Crippen LogP contribution in [0.5, 0.6) is 11.5 Å². The molecule has 2 aromatic carbocycles. The number of aliphatic carboxylic acids is 2. The number of hydrogen-bond acceptors (Lipinski definition) is 10. The summed E-state index contributed by atoms with van der Waals surface area (Å²) in [5.41, 5.74) is -4.46. The molecule has 0 aromatic heterocycles. The molecule has 6 fully saturated rings. The normalized spacial score (nSPS) is 21.2. The molecule has 0 atom stereocenters. The van der Waals surface area contributed by atoms with E-state index < -0.39 is 95.2 Å². The Morgan fingerprint density at radius 2 is 0.897 bits per heavy atom. The van der Waals surface area contributed by atoms with Gasteiger partial charge in [0.25, 0.3) is 6.10 Å². The minimum absolute atomic E-state index is 0.0470. The fourth-order valence-corrected chi connectivity index (χ4v) is 9.98. The number of carbonyl (C=O) groups is 3. The first-order chi connectivity index (χ1) is 35.8. The number of piperidine rings is 2. The summed E-state index contributed by atoms with van der Waals surface area (Å²) in [6.45, 7) is 3.38. The highest BCUT2D eigenvalue weighted by molar-refractivity contribution is 5.82. The van der Waals surface area contributed by atoms with Crippen molar-refractivity contribution in [3.63, 3.8) is 0 Å². The molecule has 0 bridgehead atoms. The summed E-state index contributed by atoms with van der Waals surface area (Å²) in [4.78, 5) is 40.3. The van der Waals surface area contributed by atoms with E-state index in [1.54, 1.807) is 0 Å². The van der Waals surface area contributed by atoms with E-state index in [2.05, 4.69) is 15.0 Å². The Labute approximate surface area is 431 Å². The number of nitrogens with one attached hydrogen (secondary N) is 1. The van der Waals surface area contributed by atoms with Crippen LogP contribution in [-0.2, 0) is 39.8 Å². The van der Waals surface area contributed by atoms with Crippen LogP contribution >= 0.6 is 0 Å². The van der Waals surface area contributed by atoms with Crippen molar-refractivity contribution in [1.29, 1.82) is 0 Å². The summed E-state index contributed by atoms with van der Waals surface area (Å²) in [5, 5.41) is 29.7. The Bertz CT molecular complexity index is 2410. The Hall–Kier alpha value is -5.17. The summed E-state index contributed by atoms with van der Waals surface area (Å²) in [6.07, 6.45) is -35.8. The van der Waals surface area contributed by atoms with Crippen molar-refractivity contribution in [3.05, 3.63) is 58.7 Å². The molecule has 8 rings (SSSR count). The van der Waals surface area contributed by atoms with Gasteiger partial charge >= 0.3 is 55.1 Å². The number of halogens is 18. The number of alkyl halides is 18. The van der Waals surface area contributed by atoms with Crippen molar-refractivity contribution in [3.8, 4) is 11.5 Å². The van der Waals surface area contributed by atoms with Gasteiger partial charge in [-0.2, -0.15) is 79.0 Å². The molecule has 2 saturated carbocycles. The van der Waals surface area contributed by atoms with E-state index in [1.807, 2.05) is 4.90 Å². The average Bonchev–Trinajstić information content (AvgIpc) is 4.26. The largest absolute Gasteiger partial charge is 0.478 e. The smallest absolute Gasteiger partial charge is 0.434 e. The van der Waals surface area contributed by atoms with Crippen LogP contribution < -0.4 is 14.8 Å². The summed E-state index contributed by atoms with van der Waals surface area (Å²) in [6, 6.07) is 6.27. The van der Waals surface area contributed by atoms with Gasteiger partial charge in [0.15, 0.2) is 0 Å². The highest BCUT2D eigenvalue weighted by Crippen LogP contribution is 2.48. The zero-order chi connectivity index (χ0) is 58.3. The van der Waals surface area contributed by atoms with Crippen LogP contribution in [0.4, 0.5) is 83.8 Å². The summed E-state index contributed by atoms with van der Waals surface area (Å²) < 4.78 is 237. The van der Waals surface area contributed by atoms with E-state index in [9.17, 15) is 104 Å². The SMILES string of the molecule is O=C(O)C1(Oc2cc(C(F)(F)F)ccc2CN2CCCC23CCNCC3)CC1.O=C(OC(C(F)(F)F)C(F)(F)F)N1CCC2(CCCN2Cc2ccc(C(F)(F)F)cc2OC2(C(=O)O)CC2)CC1.OC(C(F)(F)F)C(F)(F)F. The Kier molecular flexibility index (Phi) is 17.8. The maximum Gasteiger partial charge on any atom is 0.434 e. The summed E-state index contributed by atoms with van der Waals surface area (Å²) in [7, 11) is 0. The number of carboxylic acids is 2. The first kappa shape index (κ1) is 62.0. The maximum atomic E-state index is 13.4. The summed E-state index contributed by atoms with van der Waals surface area (Å²) in [5.74, 6) is -2.60. The minimum atomic E-state index is -5.84. The number of carbonyl (C=O) groups excluding carboxylic acids is 1. The molecule has 6 aliphatic rings. The molecule has 1 amide bonds. The third-order valence-electron chi connectivity index (χ3n) is 14.7. The lowest BCUT2D eigenvalue weighted by molar-refractivity contribution is -0.309. The lowest BCUT2D eigenvalue weighted by Crippen LogP contribution is -2.54. The lowest BCUT2D eigenvalue weighted by Gasteiger charge is -2.45. The van der Waals surface area contributed by atoms with Gasteiger partial charge in [-0.3, -0.25) is 9.80 Å². The van der Waals surface area contributed by atoms with Crippen molar-refractivity contribution in [2.45, 2.75) is 162 Å². The lowest BCUT2D eigenvalue weighted by atomic mass is 9.84. The van der Waals surface area contributed by atoms with Crippen LogP contribution in [0.15, 0.2) is 36.4 Å². The van der Waals surface area contributed by atoms with Crippen LogP contribution in [0.25, 0.3) is 0 Å². The molecule has 440 valence electrons. The fourth-order valence-electron chi connectivity index (χ4n) is 9.98. The molecule has 2 aliphatic carbocycles. The Morgan fingerprint density at radius 1 is 0.526 bits per heavy atom. The minimum Gasteiger partial charge on any atom is -0.478 e. The average molecular weight is 1160 g/mol. The number of likely N-dealkylation sites (tertiary alicyclic amines) is 3. The van der Waals surface area contributed by atoms with Crippen LogP contribution in [-0.4, -0.2) is 147 Å². The molecule has 0 unspecified atom stereocenters. The quantitative estimate of drug-likeness (QED) is 0.158. The number of rotatable bonds is 11. The molecule has 4 aliphatic heterocycles. The molecule has 4 saturated heterocycles. The number of ether oxygens (including phenoxy) is 3. The number of aliphatic hydroxyl groups is 1. The third-order valence-corrected chi connectivity index (χ3v) is 14.7. The van der Waals surface area contributed by atoms with Crippen molar-refractivity contribution in [2.24, 2.45) is 0 Å². The standard InChI is InChI=1S/C24H25F9N2O5.C20H25F3N2O3.C3H2F6O/c25-22(26,27)15-3-2-14(16(12-15)40-21(5-6-21)18(36)37)13-35-9-1-4-20(35)7-10-34(11-8-20)19(38)39-17(23(28,29)30)24(31,32)33;21-20(22,23)15-3-2-14(16(12-15)28-19(5-6-19)17(26)27)13-25-11-1-4-18(25)7-9-24-10-8-18;4-2(5,6)1(10)3(7,8)9/h2-3,12,17H,1,4-11,13H2,(H,36,37);2-3,12,24H,1,4-11,13H2,(H,26,27);1,10H. The number of amides is 1. The van der Waals surface area contributed by atoms with Crippen molar-refractivity contribution >= 4 is 18.0 Å². The Balaban J connectivity index is 0.000000223. The predicted octanol–water partition coefficient (Wildman–Crippen LogP) is 10.7. The summed E-state index contributed by atoms with van der Waals surface area (Å²) >= 11 is 0. The maximum absolute atomic E-state index is 13.4. The van der Waals surface area contributed by atoms with Gasteiger partial charge in [0, 0.05) is 74.1 Å². The van der Waals surface area contributed by atoms with E-state index in [0.717, 1.165) is 74.5 Å². The van der Waals surface area contributed by atoms with Gasteiger partial charge in [0.2, 0.25) is 17.3 Å². The van der Waals surface area contributed by atoms with Crippen LogP contribution in [0, 0.1) is 0 Å². The van der Waals surface area contributed by atoms with Gasteiger partial charge in [-0.1, -0.05) is 12.1 Å². The zero-order valence-corrected chi connectivity index (χ0v) is 40.7. The predicted molar refractivity (Wildman–Crippen MR) is 232 cm³/mol. The number of nitrogens with zero attached hydrogens (tertiary/aromatic N) is 3. The molecule has 13 nitrogen and oxygen atoms in total. The second kappa shape index (κ2) is 22.4. The van der Waals surface area contributed by atoms with Crippen LogP contribution in [0.3, 0.4) is 0 Å². The van der Waals surface area contributed by atoms with Gasteiger partial charge < -0.3 is 39.7 Å². The van der Waals surface area contributed by atoms with Gasteiger partial charge in [-0.25, -0.2) is 14.4 Å². The molecule has 4 N–H and O–H groups in total. The van der Waals surface area contributed by atoms with E-state index in [0.29, 0.717) is 49.9 Å². The zero-order valence-electron chi connectivity index (χ0n) is 40.7. The molecule has 78 heavy (non-hydrogen) atoms. The number of aliphatic hydroxyl groups excluding tert-OH is 1. The highest BCUT2D eigenvalue weighted by atomic mass is 19.4. The molecule has 31 heteroatoms. The van der Waals surface area contributed by atoms with E-state index in [-0.39, 0.29) is 62.4 Å². The number of carboxylic acid groups (broad SMARTS) is 2. The van der Waals surface area contributed by atoms with Crippen molar-refractivity contribution in [1.82, 2.24) is 20.0 Å².